The second-order valence-electron chi connectivity index (χ2n) is 3.21. The van der Waals surface area contributed by atoms with Gasteiger partial charge in [0.15, 0.2) is 0 Å². The van der Waals surface area contributed by atoms with Crippen LogP contribution in [0, 0.1) is 0 Å². The van der Waals surface area contributed by atoms with Gasteiger partial charge in [0.1, 0.15) is 6.29 Å². The van der Waals surface area contributed by atoms with Gasteiger partial charge in [-0.2, -0.15) is 0 Å². The summed E-state index contributed by atoms with van der Waals surface area (Å²) in [6, 6.07) is 10.0. The van der Waals surface area contributed by atoms with Crippen LogP contribution in [0.2, 0.25) is 0 Å². The molecule has 3 nitrogen and oxygen atoms in total. The van der Waals surface area contributed by atoms with Gasteiger partial charge in [-0.1, -0.05) is 24.3 Å². The standard InChI is InChI=1S/C12H8O3/c13-7-8-4-5-9-2-1-3-10(12(14)15)11(9)6-8/h1-7H,(H,14,15). The molecule has 1 N–H and O–H groups in total. The Bertz CT molecular complexity index is 544. The Morgan fingerprint density at radius 1 is 1.20 bits per heavy atom. The van der Waals surface area contributed by atoms with E-state index in [1.54, 1.807) is 24.3 Å². The van der Waals surface area contributed by atoms with Crippen LogP contribution < -0.4 is 0 Å². The third-order valence-electron chi connectivity index (χ3n) is 2.27. The summed E-state index contributed by atoms with van der Waals surface area (Å²) in [6.07, 6.45) is 0.706. The maximum Gasteiger partial charge on any atom is 0.336 e. The van der Waals surface area contributed by atoms with Crippen molar-refractivity contribution < 1.29 is 14.7 Å². The third-order valence-corrected chi connectivity index (χ3v) is 2.27. The Labute approximate surface area is 86.0 Å². The van der Waals surface area contributed by atoms with Crippen molar-refractivity contribution in [3.8, 4) is 0 Å². The second-order valence-corrected chi connectivity index (χ2v) is 3.21. The smallest absolute Gasteiger partial charge is 0.336 e. The van der Waals surface area contributed by atoms with Crippen LogP contribution in [0.3, 0.4) is 0 Å². The van der Waals surface area contributed by atoms with Crippen molar-refractivity contribution >= 4 is 23.0 Å². The summed E-state index contributed by atoms with van der Waals surface area (Å²) < 4.78 is 0. The average molecular weight is 200 g/mol. The molecule has 0 aliphatic rings. The summed E-state index contributed by atoms with van der Waals surface area (Å²) in [6.45, 7) is 0. The number of hydrogen-bond acceptors (Lipinski definition) is 2. The minimum absolute atomic E-state index is 0.219. The molecule has 0 unspecified atom stereocenters. The van der Waals surface area contributed by atoms with E-state index in [4.69, 9.17) is 5.11 Å². The number of rotatable bonds is 2. The van der Waals surface area contributed by atoms with Crippen LogP contribution in [0.4, 0.5) is 0 Å². The number of carbonyl (C=O) groups excluding carboxylic acids is 1. The molecule has 15 heavy (non-hydrogen) atoms. The lowest BCUT2D eigenvalue weighted by Gasteiger charge is -2.02. The lowest BCUT2D eigenvalue weighted by atomic mass is 10.0. The van der Waals surface area contributed by atoms with Gasteiger partial charge in [-0.25, -0.2) is 4.79 Å². The first-order chi connectivity index (χ1) is 7.22. The molecular formula is C12H8O3. The number of aromatic carboxylic acids is 1. The monoisotopic (exact) mass is 200 g/mol. The third kappa shape index (κ3) is 1.59. The number of carbonyl (C=O) groups is 2. The Morgan fingerprint density at radius 2 is 2.00 bits per heavy atom. The Kier molecular flexibility index (Phi) is 2.21. The molecule has 2 rings (SSSR count). The predicted octanol–water partition coefficient (Wildman–Crippen LogP) is 2.35. The first-order valence-electron chi connectivity index (χ1n) is 4.43. The van der Waals surface area contributed by atoms with Crippen LogP contribution in [-0.4, -0.2) is 17.4 Å². The molecular weight excluding hydrogens is 192 g/mol. The van der Waals surface area contributed by atoms with E-state index in [1.807, 2.05) is 6.07 Å². The topological polar surface area (TPSA) is 54.4 Å². The lowest BCUT2D eigenvalue weighted by Crippen LogP contribution is -1.97. The van der Waals surface area contributed by atoms with Gasteiger partial charge < -0.3 is 5.11 Å². The Balaban J connectivity index is 2.81. The molecule has 0 saturated carbocycles. The molecule has 0 aliphatic carbocycles. The van der Waals surface area contributed by atoms with E-state index < -0.39 is 5.97 Å². The molecule has 0 fully saturated rings. The molecule has 0 aliphatic heterocycles. The molecule has 0 spiro atoms. The summed E-state index contributed by atoms with van der Waals surface area (Å²) in [7, 11) is 0. The van der Waals surface area contributed by atoms with Crippen molar-refractivity contribution in [2.75, 3.05) is 0 Å². The van der Waals surface area contributed by atoms with Gasteiger partial charge in [0.2, 0.25) is 0 Å². The fraction of sp³-hybridized carbons (Fsp3) is 0. The van der Waals surface area contributed by atoms with Crippen molar-refractivity contribution in [3.63, 3.8) is 0 Å². The maximum absolute atomic E-state index is 10.9. The fourth-order valence-corrected chi connectivity index (χ4v) is 1.55. The summed E-state index contributed by atoms with van der Waals surface area (Å²) >= 11 is 0. The van der Waals surface area contributed by atoms with E-state index in [1.165, 1.54) is 6.07 Å². The summed E-state index contributed by atoms with van der Waals surface area (Å²) in [4.78, 5) is 21.5. The van der Waals surface area contributed by atoms with Crippen molar-refractivity contribution in [1.29, 1.82) is 0 Å². The van der Waals surface area contributed by atoms with Crippen LogP contribution >= 0.6 is 0 Å². The van der Waals surface area contributed by atoms with Crippen LogP contribution in [0.15, 0.2) is 36.4 Å². The van der Waals surface area contributed by atoms with Gasteiger partial charge in [-0.3, -0.25) is 4.79 Å². The number of aldehydes is 1. The highest BCUT2D eigenvalue weighted by atomic mass is 16.4. The number of carboxylic acid groups (broad SMARTS) is 1. The number of carboxylic acids is 1. The number of hydrogen-bond donors (Lipinski definition) is 1. The molecule has 0 radical (unpaired) electrons. The molecule has 2 aromatic rings. The minimum atomic E-state index is -0.983. The quantitative estimate of drug-likeness (QED) is 0.757. The van der Waals surface area contributed by atoms with Crippen LogP contribution in [-0.2, 0) is 0 Å². The SMILES string of the molecule is O=Cc1ccc2cccc(C(=O)O)c2c1. The zero-order chi connectivity index (χ0) is 10.8. The van der Waals surface area contributed by atoms with E-state index in [-0.39, 0.29) is 5.56 Å². The highest BCUT2D eigenvalue weighted by Crippen LogP contribution is 2.19. The Morgan fingerprint density at radius 3 is 2.67 bits per heavy atom. The van der Waals surface area contributed by atoms with Gasteiger partial charge in [-0.15, -0.1) is 0 Å². The fourth-order valence-electron chi connectivity index (χ4n) is 1.55. The zero-order valence-electron chi connectivity index (χ0n) is 7.81. The summed E-state index contributed by atoms with van der Waals surface area (Å²) in [5.41, 5.74) is 0.701. The molecule has 2 aromatic carbocycles. The summed E-state index contributed by atoms with van der Waals surface area (Å²) in [5.74, 6) is -0.983. The van der Waals surface area contributed by atoms with Crippen molar-refractivity contribution in [3.05, 3.63) is 47.5 Å². The van der Waals surface area contributed by atoms with Gasteiger partial charge in [0.05, 0.1) is 5.56 Å². The lowest BCUT2D eigenvalue weighted by molar-refractivity contribution is 0.0699. The van der Waals surface area contributed by atoms with E-state index in [0.717, 1.165) is 5.39 Å². The first kappa shape index (κ1) is 9.40. The largest absolute Gasteiger partial charge is 0.478 e. The van der Waals surface area contributed by atoms with Crippen LogP contribution in [0.5, 0.6) is 0 Å². The van der Waals surface area contributed by atoms with Gasteiger partial charge in [0.25, 0.3) is 0 Å². The highest BCUT2D eigenvalue weighted by molar-refractivity contribution is 6.04. The Hall–Kier alpha value is -2.16. The summed E-state index contributed by atoms with van der Waals surface area (Å²) in [5, 5.41) is 10.4. The first-order valence-corrected chi connectivity index (χ1v) is 4.43. The number of benzene rings is 2. The minimum Gasteiger partial charge on any atom is -0.478 e. The van der Waals surface area contributed by atoms with Gasteiger partial charge in [0, 0.05) is 5.56 Å². The molecule has 3 heteroatoms. The van der Waals surface area contributed by atoms with Crippen molar-refractivity contribution in [2.45, 2.75) is 0 Å². The zero-order valence-corrected chi connectivity index (χ0v) is 7.81. The van der Waals surface area contributed by atoms with E-state index in [2.05, 4.69) is 0 Å². The predicted molar refractivity (Wildman–Crippen MR) is 56.3 cm³/mol. The molecule has 74 valence electrons. The molecule has 0 saturated heterocycles. The molecule has 0 amide bonds. The molecule has 0 aromatic heterocycles. The van der Waals surface area contributed by atoms with Gasteiger partial charge >= 0.3 is 5.97 Å². The van der Waals surface area contributed by atoms with Crippen molar-refractivity contribution in [2.24, 2.45) is 0 Å². The van der Waals surface area contributed by atoms with Crippen molar-refractivity contribution in [1.82, 2.24) is 0 Å². The molecule has 0 atom stereocenters. The maximum atomic E-state index is 10.9. The van der Waals surface area contributed by atoms with E-state index in [9.17, 15) is 9.59 Å². The average Bonchev–Trinajstić information content (AvgIpc) is 2.27. The number of fused-ring (bicyclic) bond motifs is 1. The van der Waals surface area contributed by atoms with E-state index in [0.29, 0.717) is 17.2 Å². The highest BCUT2D eigenvalue weighted by Gasteiger charge is 2.07. The molecule has 0 bridgehead atoms. The van der Waals surface area contributed by atoms with Crippen LogP contribution in [0.1, 0.15) is 20.7 Å². The van der Waals surface area contributed by atoms with Crippen LogP contribution in [0.25, 0.3) is 10.8 Å². The molecule has 0 heterocycles. The van der Waals surface area contributed by atoms with E-state index >= 15 is 0 Å². The second kappa shape index (κ2) is 3.53. The normalized spacial score (nSPS) is 10.1. The van der Waals surface area contributed by atoms with Gasteiger partial charge in [-0.05, 0) is 22.9 Å².